The van der Waals surface area contributed by atoms with Gasteiger partial charge >= 0.3 is 0 Å². The highest BCUT2D eigenvalue weighted by molar-refractivity contribution is 5.16. The fourth-order valence-electron chi connectivity index (χ4n) is 3.15. The van der Waals surface area contributed by atoms with Gasteiger partial charge in [0.2, 0.25) is 0 Å². The summed E-state index contributed by atoms with van der Waals surface area (Å²) in [6, 6.07) is 6.91. The molecule has 0 bridgehead atoms. The number of piperidine rings is 1. The number of aryl methyl sites for hydroxylation is 1. The minimum absolute atomic E-state index is 0.152. The molecule has 1 aliphatic rings. The molecule has 0 amide bonds. The van der Waals surface area contributed by atoms with E-state index in [4.69, 9.17) is 0 Å². The van der Waals surface area contributed by atoms with Gasteiger partial charge in [-0.3, -0.25) is 4.90 Å². The topological polar surface area (TPSA) is 31.9 Å². The lowest BCUT2D eigenvalue weighted by Gasteiger charge is -2.32. The lowest BCUT2D eigenvalue weighted by molar-refractivity contribution is 0.159. The van der Waals surface area contributed by atoms with Crippen molar-refractivity contribution in [1.82, 2.24) is 14.9 Å². The molecule has 1 atom stereocenters. The van der Waals surface area contributed by atoms with Crippen molar-refractivity contribution >= 4 is 0 Å². The van der Waals surface area contributed by atoms with Crippen LogP contribution in [0.3, 0.4) is 0 Å². The van der Waals surface area contributed by atoms with Gasteiger partial charge in [0.25, 0.3) is 0 Å². The number of nitrogens with zero attached hydrogens (tertiary/aromatic N) is 2. The maximum Gasteiger partial charge on any atom is 0.123 e. The van der Waals surface area contributed by atoms with Gasteiger partial charge in [0, 0.05) is 18.9 Å². The van der Waals surface area contributed by atoms with Crippen molar-refractivity contribution in [2.24, 2.45) is 5.92 Å². The summed E-state index contributed by atoms with van der Waals surface area (Å²) in [4.78, 5) is 9.96. The molecule has 1 aliphatic heterocycles. The van der Waals surface area contributed by atoms with Crippen LogP contribution in [0.2, 0.25) is 0 Å². The normalized spacial score (nSPS) is 19.8. The molecule has 3 nitrogen and oxygen atoms in total. The molecule has 0 saturated carbocycles. The number of imidazole rings is 1. The van der Waals surface area contributed by atoms with Crippen LogP contribution in [0.25, 0.3) is 0 Å². The Labute approximate surface area is 125 Å². The number of hydrogen-bond acceptors (Lipinski definition) is 2. The molecular weight excluding hydrogens is 265 g/mol. The molecule has 0 spiro atoms. The maximum absolute atomic E-state index is 12.9. The van der Waals surface area contributed by atoms with Crippen LogP contribution >= 0.6 is 0 Å². The van der Waals surface area contributed by atoms with Crippen LogP contribution in [0.4, 0.5) is 4.39 Å². The van der Waals surface area contributed by atoms with E-state index in [0.717, 1.165) is 37.8 Å². The highest BCUT2D eigenvalue weighted by atomic mass is 19.1. The van der Waals surface area contributed by atoms with Gasteiger partial charge in [0.1, 0.15) is 11.6 Å². The monoisotopic (exact) mass is 287 g/mol. The molecule has 1 saturated heterocycles. The standard InChI is InChI=1S/C17H22FN3/c18-16-7-5-14(6-8-16)3-4-15-2-1-11-21(12-15)13-17-19-9-10-20-17/h5-10,15H,1-4,11-13H2,(H,19,20)/t15-/m1/s1. The smallest absolute Gasteiger partial charge is 0.123 e. The van der Waals surface area contributed by atoms with Gasteiger partial charge in [-0.2, -0.15) is 0 Å². The largest absolute Gasteiger partial charge is 0.348 e. The first-order valence-corrected chi connectivity index (χ1v) is 7.74. The Morgan fingerprint density at radius 1 is 1.29 bits per heavy atom. The summed E-state index contributed by atoms with van der Waals surface area (Å²) in [7, 11) is 0. The molecule has 2 aromatic rings. The fraction of sp³-hybridized carbons (Fsp3) is 0.471. The number of H-pyrrole nitrogens is 1. The Morgan fingerprint density at radius 2 is 2.14 bits per heavy atom. The number of aromatic amines is 1. The number of benzene rings is 1. The van der Waals surface area contributed by atoms with Gasteiger partial charge in [0.15, 0.2) is 0 Å². The molecular formula is C17H22FN3. The van der Waals surface area contributed by atoms with Crippen LogP contribution in [-0.2, 0) is 13.0 Å². The molecule has 0 aliphatic carbocycles. The van der Waals surface area contributed by atoms with Crippen LogP contribution < -0.4 is 0 Å². The summed E-state index contributed by atoms with van der Waals surface area (Å²) in [6.07, 6.45) is 8.47. The Balaban J connectivity index is 1.48. The lowest BCUT2D eigenvalue weighted by Crippen LogP contribution is -2.35. The SMILES string of the molecule is Fc1ccc(CC[C@H]2CCCN(Cc3ncc[nH]3)C2)cc1. The van der Waals surface area contributed by atoms with E-state index in [0.29, 0.717) is 0 Å². The van der Waals surface area contributed by atoms with E-state index < -0.39 is 0 Å². The van der Waals surface area contributed by atoms with E-state index in [9.17, 15) is 4.39 Å². The minimum atomic E-state index is -0.152. The number of aromatic nitrogens is 2. The molecule has 1 fully saturated rings. The van der Waals surface area contributed by atoms with E-state index in [1.54, 1.807) is 12.1 Å². The van der Waals surface area contributed by atoms with Crippen LogP contribution in [0.15, 0.2) is 36.7 Å². The Kier molecular flexibility index (Phi) is 4.65. The Hall–Kier alpha value is -1.68. The highest BCUT2D eigenvalue weighted by Gasteiger charge is 2.20. The van der Waals surface area contributed by atoms with Crippen LogP contribution in [-0.4, -0.2) is 28.0 Å². The molecule has 2 heterocycles. The molecule has 1 aromatic heterocycles. The Morgan fingerprint density at radius 3 is 2.90 bits per heavy atom. The zero-order valence-electron chi connectivity index (χ0n) is 12.3. The predicted molar refractivity (Wildman–Crippen MR) is 81.3 cm³/mol. The first-order chi connectivity index (χ1) is 10.3. The number of hydrogen-bond donors (Lipinski definition) is 1. The van der Waals surface area contributed by atoms with Crippen molar-refractivity contribution in [2.75, 3.05) is 13.1 Å². The molecule has 112 valence electrons. The van der Waals surface area contributed by atoms with Gasteiger partial charge in [-0.05, 0) is 55.8 Å². The molecule has 21 heavy (non-hydrogen) atoms. The van der Waals surface area contributed by atoms with Crippen molar-refractivity contribution in [2.45, 2.75) is 32.2 Å². The van der Waals surface area contributed by atoms with Gasteiger partial charge in [-0.1, -0.05) is 12.1 Å². The predicted octanol–water partition coefficient (Wildman–Crippen LogP) is 3.39. The zero-order chi connectivity index (χ0) is 14.5. The molecule has 4 heteroatoms. The van der Waals surface area contributed by atoms with Crippen molar-refractivity contribution in [3.8, 4) is 0 Å². The molecule has 0 radical (unpaired) electrons. The summed E-state index contributed by atoms with van der Waals surface area (Å²) in [5, 5.41) is 0. The second-order valence-electron chi connectivity index (χ2n) is 5.94. The average molecular weight is 287 g/mol. The third kappa shape index (κ3) is 4.14. The number of nitrogens with one attached hydrogen (secondary N) is 1. The van der Waals surface area contributed by atoms with E-state index >= 15 is 0 Å². The maximum atomic E-state index is 12.9. The number of rotatable bonds is 5. The fourth-order valence-corrected chi connectivity index (χ4v) is 3.15. The van der Waals surface area contributed by atoms with Gasteiger partial charge in [-0.15, -0.1) is 0 Å². The second kappa shape index (κ2) is 6.85. The molecule has 3 rings (SSSR count). The van der Waals surface area contributed by atoms with Gasteiger partial charge in [0.05, 0.1) is 6.54 Å². The zero-order valence-corrected chi connectivity index (χ0v) is 12.3. The quantitative estimate of drug-likeness (QED) is 0.914. The van der Waals surface area contributed by atoms with Gasteiger partial charge in [-0.25, -0.2) is 9.37 Å². The summed E-state index contributed by atoms with van der Waals surface area (Å²) >= 11 is 0. The summed E-state index contributed by atoms with van der Waals surface area (Å²) in [5.74, 6) is 1.63. The van der Waals surface area contributed by atoms with Gasteiger partial charge < -0.3 is 4.98 Å². The first kappa shape index (κ1) is 14.3. The Bertz CT molecular complexity index is 536. The van der Waals surface area contributed by atoms with Crippen molar-refractivity contribution in [3.63, 3.8) is 0 Å². The highest BCUT2D eigenvalue weighted by Crippen LogP contribution is 2.22. The average Bonchev–Trinajstić information content (AvgIpc) is 3.00. The van der Waals surface area contributed by atoms with Crippen LogP contribution in [0.1, 0.15) is 30.7 Å². The van der Waals surface area contributed by atoms with E-state index in [-0.39, 0.29) is 5.82 Å². The molecule has 1 aromatic carbocycles. The second-order valence-corrected chi connectivity index (χ2v) is 5.94. The van der Waals surface area contributed by atoms with Crippen molar-refractivity contribution in [3.05, 3.63) is 53.9 Å². The summed E-state index contributed by atoms with van der Waals surface area (Å²) in [6.45, 7) is 3.22. The first-order valence-electron chi connectivity index (χ1n) is 7.74. The van der Waals surface area contributed by atoms with Crippen LogP contribution in [0, 0.1) is 11.7 Å². The summed E-state index contributed by atoms with van der Waals surface area (Å²) in [5.41, 5.74) is 1.24. The van der Waals surface area contributed by atoms with Crippen LogP contribution in [0.5, 0.6) is 0 Å². The number of likely N-dealkylation sites (tertiary alicyclic amines) is 1. The minimum Gasteiger partial charge on any atom is -0.348 e. The van der Waals surface area contributed by atoms with E-state index in [1.165, 1.54) is 24.8 Å². The number of halogens is 1. The van der Waals surface area contributed by atoms with Crippen molar-refractivity contribution < 1.29 is 4.39 Å². The van der Waals surface area contributed by atoms with Crippen molar-refractivity contribution in [1.29, 1.82) is 0 Å². The van der Waals surface area contributed by atoms with E-state index in [2.05, 4.69) is 14.9 Å². The lowest BCUT2D eigenvalue weighted by atomic mass is 9.91. The molecule has 0 unspecified atom stereocenters. The third-order valence-corrected chi connectivity index (χ3v) is 4.29. The third-order valence-electron chi connectivity index (χ3n) is 4.29. The molecule has 1 N–H and O–H groups in total. The summed E-state index contributed by atoms with van der Waals surface area (Å²) < 4.78 is 12.9. The van der Waals surface area contributed by atoms with E-state index in [1.807, 2.05) is 24.5 Å².